The summed E-state index contributed by atoms with van der Waals surface area (Å²) in [4.78, 5) is 0. The van der Waals surface area contributed by atoms with Crippen LogP contribution in [0.5, 0.6) is 0 Å². The van der Waals surface area contributed by atoms with Crippen molar-refractivity contribution in [1.29, 1.82) is 0 Å². The summed E-state index contributed by atoms with van der Waals surface area (Å²) < 4.78 is 30.1. The van der Waals surface area contributed by atoms with Crippen LogP contribution in [0.15, 0.2) is 41.1 Å². The lowest BCUT2D eigenvalue weighted by Gasteiger charge is -2.16. The fourth-order valence-corrected chi connectivity index (χ4v) is 3.00. The molecule has 116 valence electrons. The minimum atomic E-state index is -3.21. The maximum atomic E-state index is 11.1. The van der Waals surface area contributed by atoms with Crippen LogP contribution in [0.25, 0.3) is 11.1 Å². The summed E-state index contributed by atoms with van der Waals surface area (Å²) in [6.45, 7) is 0.229. The number of ether oxygens (including phenoxy) is 1. The topological polar surface area (TPSA) is 55.4 Å². The molecule has 1 aromatic carbocycles. The zero-order chi connectivity index (χ0) is 14.6. The van der Waals surface area contributed by atoms with Gasteiger partial charge in [-0.3, -0.25) is 0 Å². The van der Waals surface area contributed by atoms with Crippen molar-refractivity contribution in [3.05, 3.63) is 46.7 Å². The van der Waals surface area contributed by atoms with Gasteiger partial charge in [-0.1, -0.05) is 31.7 Å². The van der Waals surface area contributed by atoms with Gasteiger partial charge in [0.25, 0.3) is 0 Å². The summed E-state index contributed by atoms with van der Waals surface area (Å²) in [5.74, 6) is 0. The Morgan fingerprint density at radius 1 is 1.19 bits per heavy atom. The van der Waals surface area contributed by atoms with E-state index in [2.05, 4.69) is 16.2 Å². The zero-order valence-electron chi connectivity index (χ0n) is 11.4. The van der Waals surface area contributed by atoms with E-state index in [1.807, 2.05) is 29.6 Å². The second kappa shape index (κ2) is 7.70. The van der Waals surface area contributed by atoms with Crippen molar-refractivity contribution in [3.8, 4) is 11.1 Å². The van der Waals surface area contributed by atoms with E-state index in [1.54, 1.807) is 18.4 Å². The fraction of sp³-hybridized carbons (Fsp3) is 0.333. The Balaban J connectivity index is 0.00000220. The van der Waals surface area contributed by atoms with Gasteiger partial charge in [0.1, 0.15) is 0 Å². The Morgan fingerprint density at radius 2 is 1.86 bits per heavy atom. The molecule has 2 rings (SSSR count). The largest absolute Gasteiger partial charge is 0.375 e. The molecule has 0 aliphatic rings. The molecule has 0 fully saturated rings. The number of sulfonamides is 1. The molecule has 4 nitrogen and oxygen atoms in total. The number of methoxy groups -OCH3 is 1. The molecule has 0 aliphatic carbocycles. The van der Waals surface area contributed by atoms with Crippen LogP contribution in [0, 0.1) is 0 Å². The lowest BCUT2D eigenvalue weighted by Crippen LogP contribution is -2.28. The summed E-state index contributed by atoms with van der Waals surface area (Å²) in [6.07, 6.45) is 0.848. The minimum absolute atomic E-state index is 0. The molecule has 0 spiro atoms. The van der Waals surface area contributed by atoms with Crippen molar-refractivity contribution in [3.63, 3.8) is 0 Å². The molecule has 6 heteroatoms. The second-order valence-corrected chi connectivity index (χ2v) is 7.09. The SMILES string of the molecule is C.COC(CNS(C)(=O)=O)c1ccc(-c2ccsc2)cc1. The standard InChI is InChI=1S/C14H17NO3S2.CH4/c1-18-14(9-15-20(2,16)17)12-5-3-11(4-6-12)13-7-8-19-10-13;/h3-8,10,14-15H,9H2,1-2H3;1H4. The monoisotopic (exact) mass is 327 g/mol. The smallest absolute Gasteiger partial charge is 0.208 e. The van der Waals surface area contributed by atoms with Gasteiger partial charge in [0.2, 0.25) is 10.0 Å². The van der Waals surface area contributed by atoms with Crippen LogP contribution in [-0.2, 0) is 14.8 Å². The highest BCUT2D eigenvalue weighted by Gasteiger charge is 2.13. The molecule has 0 bridgehead atoms. The van der Waals surface area contributed by atoms with E-state index >= 15 is 0 Å². The van der Waals surface area contributed by atoms with E-state index in [9.17, 15) is 8.42 Å². The molecule has 1 heterocycles. The van der Waals surface area contributed by atoms with E-state index < -0.39 is 10.0 Å². The summed E-state index contributed by atoms with van der Waals surface area (Å²) >= 11 is 1.66. The van der Waals surface area contributed by atoms with Gasteiger partial charge in [-0.05, 0) is 33.5 Å². The van der Waals surface area contributed by atoms with Gasteiger partial charge in [0, 0.05) is 13.7 Å². The molecule has 0 aliphatic heterocycles. The number of hydrogen-bond donors (Lipinski definition) is 1. The Labute approximate surface area is 130 Å². The van der Waals surface area contributed by atoms with Gasteiger partial charge >= 0.3 is 0 Å². The van der Waals surface area contributed by atoms with E-state index in [0.717, 1.165) is 17.4 Å². The lowest BCUT2D eigenvalue weighted by atomic mass is 10.0. The van der Waals surface area contributed by atoms with Crippen LogP contribution in [0.4, 0.5) is 0 Å². The van der Waals surface area contributed by atoms with Gasteiger partial charge in [0.05, 0.1) is 12.4 Å². The fourth-order valence-electron chi connectivity index (χ4n) is 1.88. The third kappa shape index (κ3) is 5.24. The van der Waals surface area contributed by atoms with Crippen molar-refractivity contribution in [2.24, 2.45) is 0 Å². The molecule has 0 amide bonds. The molecule has 1 unspecified atom stereocenters. The highest BCUT2D eigenvalue weighted by Crippen LogP contribution is 2.24. The summed E-state index contributed by atoms with van der Waals surface area (Å²) in [5, 5.41) is 4.13. The Bertz CT molecular complexity index is 634. The molecule has 0 radical (unpaired) electrons. The Kier molecular flexibility index (Phi) is 6.54. The van der Waals surface area contributed by atoms with Crippen molar-refractivity contribution in [1.82, 2.24) is 4.72 Å². The molecule has 1 N–H and O–H groups in total. The van der Waals surface area contributed by atoms with Crippen LogP contribution in [-0.4, -0.2) is 28.3 Å². The molecule has 1 aromatic heterocycles. The number of hydrogen-bond acceptors (Lipinski definition) is 4. The van der Waals surface area contributed by atoms with Gasteiger partial charge in [-0.15, -0.1) is 0 Å². The van der Waals surface area contributed by atoms with Crippen LogP contribution >= 0.6 is 11.3 Å². The van der Waals surface area contributed by atoms with E-state index in [-0.39, 0.29) is 20.1 Å². The molecule has 0 saturated heterocycles. The van der Waals surface area contributed by atoms with Gasteiger partial charge in [0.15, 0.2) is 0 Å². The normalized spacial score (nSPS) is 12.7. The first-order chi connectivity index (χ1) is 9.49. The molecular formula is C15H21NO3S2. The summed E-state index contributed by atoms with van der Waals surface area (Å²) in [5.41, 5.74) is 3.27. The van der Waals surface area contributed by atoms with Crippen molar-refractivity contribution in [2.75, 3.05) is 19.9 Å². The van der Waals surface area contributed by atoms with Crippen molar-refractivity contribution >= 4 is 21.4 Å². The Morgan fingerprint density at radius 3 is 2.33 bits per heavy atom. The molecular weight excluding hydrogens is 306 g/mol. The quantitative estimate of drug-likeness (QED) is 0.886. The van der Waals surface area contributed by atoms with Crippen LogP contribution in [0.2, 0.25) is 0 Å². The van der Waals surface area contributed by atoms with Gasteiger partial charge in [-0.2, -0.15) is 11.3 Å². The number of nitrogens with one attached hydrogen (secondary N) is 1. The molecule has 0 saturated carbocycles. The summed E-state index contributed by atoms with van der Waals surface area (Å²) in [7, 11) is -1.64. The first kappa shape index (κ1) is 17.8. The van der Waals surface area contributed by atoms with E-state index in [1.165, 1.54) is 5.56 Å². The predicted molar refractivity (Wildman–Crippen MR) is 89.1 cm³/mol. The molecule has 1 atom stereocenters. The molecule has 21 heavy (non-hydrogen) atoms. The zero-order valence-corrected chi connectivity index (χ0v) is 13.0. The first-order valence-corrected chi connectivity index (χ1v) is 8.93. The number of rotatable bonds is 6. The maximum Gasteiger partial charge on any atom is 0.208 e. The highest BCUT2D eigenvalue weighted by molar-refractivity contribution is 7.88. The van der Waals surface area contributed by atoms with Gasteiger partial charge < -0.3 is 4.74 Å². The van der Waals surface area contributed by atoms with E-state index in [4.69, 9.17) is 4.74 Å². The van der Waals surface area contributed by atoms with E-state index in [0.29, 0.717) is 0 Å². The average molecular weight is 327 g/mol. The Hall–Kier alpha value is -1.21. The van der Waals surface area contributed by atoms with Crippen LogP contribution in [0.3, 0.4) is 0 Å². The van der Waals surface area contributed by atoms with Gasteiger partial charge in [-0.25, -0.2) is 13.1 Å². The first-order valence-electron chi connectivity index (χ1n) is 6.09. The average Bonchev–Trinajstić information content (AvgIpc) is 2.93. The summed E-state index contributed by atoms with van der Waals surface area (Å²) in [6, 6.07) is 10.0. The van der Waals surface area contributed by atoms with Crippen molar-refractivity contribution < 1.29 is 13.2 Å². The third-order valence-corrected chi connectivity index (χ3v) is 4.33. The third-order valence-electron chi connectivity index (χ3n) is 2.95. The lowest BCUT2D eigenvalue weighted by molar-refractivity contribution is 0.107. The van der Waals surface area contributed by atoms with Crippen LogP contribution in [0.1, 0.15) is 19.1 Å². The molecule has 2 aromatic rings. The van der Waals surface area contributed by atoms with Crippen molar-refractivity contribution in [2.45, 2.75) is 13.5 Å². The number of thiophene rings is 1. The predicted octanol–water partition coefficient (Wildman–Crippen LogP) is 3.29. The number of benzene rings is 1. The second-order valence-electron chi connectivity index (χ2n) is 4.48. The van der Waals surface area contributed by atoms with Crippen LogP contribution < -0.4 is 4.72 Å². The maximum absolute atomic E-state index is 11.1. The minimum Gasteiger partial charge on any atom is -0.375 e. The highest BCUT2D eigenvalue weighted by atomic mass is 32.2.